The van der Waals surface area contributed by atoms with Crippen LogP contribution < -0.4 is 4.72 Å². The zero-order valence-electron chi connectivity index (χ0n) is 9.50. The average Bonchev–Trinajstić information content (AvgIpc) is 2.82. The number of aromatic nitrogens is 2. The Morgan fingerprint density at radius 1 is 1.28 bits per heavy atom. The molecule has 0 aliphatic carbocycles. The highest BCUT2D eigenvalue weighted by Crippen LogP contribution is 2.15. The van der Waals surface area contributed by atoms with E-state index in [1.54, 1.807) is 12.1 Å². The Kier molecular flexibility index (Phi) is 3.63. The van der Waals surface area contributed by atoms with Gasteiger partial charge in [-0.25, -0.2) is 8.42 Å². The number of nitrogens with one attached hydrogen (secondary N) is 2. The van der Waals surface area contributed by atoms with Gasteiger partial charge in [0, 0.05) is 12.8 Å². The molecule has 3 N–H and O–H groups in total. The fourth-order valence-electron chi connectivity index (χ4n) is 1.49. The van der Waals surface area contributed by atoms with Crippen LogP contribution in [0.5, 0.6) is 0 Å². The maximum Gasteiger partial charge on any atom is 0.261 e. The molecule has 7 heteroatoms. The Balaban J connectivity index is 2.19. The van der Waals surface area contributed by atoms with E-state index in [2.05, 4.69) is 14.9 Å². The molecular formula is C11H13N3O3S. The first kappa shape index (κ1) is 12.6. The van der Waals surface area contributed by atoms with Crippen LogP contribution in [0.4, 0.5) is 5.69 Å². The summed E-state index contributed by atoms with van der Waals surface area (Å²) in [7, 11) is -3.59. The van der Waals surface area contributed by atoms with Crippen LogP contribution in [0.25, 0.3) is 0 Å². The van der Waals surface area contributed by atoms with Crippen LogP contribution in [-0.2, 0) is 16.4 Å². The monoisotopic (exact) mass is 267 g/mol. The zero-order valence-corrected chi connectivity index (χ0v) is 10.3. The Bertz CT molecular complexity index is 591. The van der Waals surface area contributed by atoms with Gasteiger partial charge >= 0.3 is 0 Å². The second-order valence-corrected chi connectivity index (χ2v) is 5.39. The van der Waals surface area contributed by atoms with Crippen LogP contribution in [0, 0.1) is 0 Å². The Hall–Kier alpha value is -1.86. The van der Waals surface area contributed by atoms with Crippen molar-refractivity contribution in [3.05, 3.63) is 42.2 Å². The lowest BCUT2D eigenvalue weighted by Crippen LogP contribution is -2.12. The van der Waals surface area contributed by atoms with Gasteiger partial charge in [0.25, 0.3) is 10.0 Å². The molecule has 0 radical (unpaired) electrons. The third-order valence-electron chi connectivity index (χ3n) is 2.38. The number of hydrogen-bond donors (Lipinski definition) is 3. The second-order valence-electron chi connectivity index (χ2n) is 3.71. The summed E-state index contributed by atoms with van der Waals surface area (Å²) in [5.74, 6) is 0. The van der Waals surface area contributed by atoms with Crippen LogP contribution >= 0.6 is 0 Å². The third-order valence-corrected chi connectivity index (χ3v) is 3.78. The number of aliphatic hydroxyl groups is 1. The largest absolute Gasteiger partial charge is 0.396 e. The van der Waals surface area contributed by atoms with Crippen molar-refractivity contribution in [3.63, 3.8) is 0 Å². The summed E-state index contributed by atoms with van der Waals surface area (Å²) in [5.41, 5.74) is 1.27. The number of anilines is 1. The lowest BCUT2D eigenvalue weighted by molar-refractivity contribution is 0.299. The third kappa shape index (κ3) is 2.88. The van der Waals surface area contributed by atoms with Crippen molar-refractivity contribution in [2.75, 3.05) is 11.3 Å². The van der Waals surface area contributed by atoms with E-state index < -0.39 is 10.0 Å². The van der Waals surface area contributed by atoms with Crippen molar-refractivity contribution < 1.29 is 13.5 Å². The number of benzene rings is 1. The van der Waals surface area contributed by atoms with E-state index in [1.807, 2.05) is 0 Å². The number of aromatic amines is 1. The van der Waals surface area contributed by atoms with Crippen molar-refractivity contribution >= 4 is 15.7 Å². The first-order chi connectivity index (χ1) is 8.62. The van der Waals surface area contributed by atoms with Gasteiger partial charge in [0.1, 0.15) is 0 Å². The molecule has 0 amide bonds. The lowest BCUT2D eigenvalue weighted by Gasteiger charge is -2.06. The fourth-order valence-corrected chi connectivity index (χ4v) is 2.52. The number of hydrogen-bond acceptors (Lipinski definition) is 4. The molecule has 0 bridgehead atoms. The minimum atomic E-state index is -3.59. The van der Waals surface area contributed by atoms with E-state index in [0.29, 0.717) is 12.1 Å². The molecule has 0 aliphatic rings. The van der Waals surface area contributed by atoms with Gasteiger partial charge in [0.05, 0.1) is 16.8 Å². The second kappa shape index (κ2) is 5.19. The van der Waals surface area contributed by atoms with E-state index >= 15 is 0 Å². The first-order valence-electron chi connectivity index (χ1n) is 5.33. The van der Waals surface area contributed by atoms with Gasteiger partial charge in [-0.1, -0.05) is 12.1 Å². The van der Waals surface area contributed by atoms with Crippen molar-refractivity contribution in [1.29, 1.82) is 0 Å². The summed E-state index contributed by atoms with van der Waals surface area (Å²) in [6.07, 6.45) is 3.35. The highest BCUT2D eigenvalue weighted by atomic mass is 32.2. The lowest BCUT2D eigenvalue weighted by atomic mass is 10.2. The minimum Gasteiger partial charge on any atom is -0.396 e. The molecular weight excluding hydrogens is 254 g/mol. The molecule has 0 atom stereocenters. The maximum absolute atomic E-state index is 12.0. The Morgan fingerprint density at radius 2 is 2.00 bits per heavy atom. The topological polar surface area (TPSA) is 95.1 Å². The van der Waals surface area contributed by atoms with Crippen molar-refractivity contribution in [3.8, 4) is 0 Å². The van der Waals surface area contributed by atoms with Crippen LogP contribution in [-0.4, -0.2) is 30.3 Å². The van der Waals surface area contributed by atoms with Crippen LogP contribution in [0.15, 0.2) is 41.6 Å². The quantitative estimate of drug-likeness (QED) is 0.744. The van der Waals surface area contributed by atoms with E-state index in [4.69, 9.17) is 5.11 Å². The number of sulfonamides is 1. The summed E-state index contributed by atoms with van der Waals surface area (Å²) < 4.78 is 26.3. The van der Waals surface area contributed by atoms with Crippen LogP contribution in [0.1, 0.15) is 5.56 Å². The van der Waals surface area contributed by atoms with Gasteiger partial charge in [0.15, 0.2) is 0 Å². The van der Waals surface area contributed by atoms with E-state index in [0.717, 1.165) is 5.56 Å². The van der Waals surface area contributed by atoms with Gasteiger partial charge < -0.3 is 5.11 Å². The molecule has 18 heavy (non-hydrogen) atoms. The standard InChI is InChI=1S/C11H13N3O3S/c15-6-5-9-1-3-11(4-2-9)18(16,17)14-10-7-12-13-8-10/h1-4,7-8,14-15H,5-6H2,(H,12,13). The molecule has 2 rings (SSSR count). The SMILES string of the molecule is O=S(=O)(Nc1cn[nH]c1)c1ccc(CCO)cc1. The smallest absolute Gasteiger partial charge is 0.261 e. The normalized spacial score (nSPS) is 11.4. The molecule has 2 aromatic rings. The Labute approximate surface area is 105 Å². The summed E-state index contributed by atoms with van der Waals surface area (Å²) >= 11 is 0. The average molecular weight is 267 g/mol. The molecule has 96 valence electrons. The highest BCUT2D eigenvalue weighted by Gasteiger charge is 2.14. The van der Waals surface area contributed by atoms with E-state index in [-0.39, 0.29) is 11.5 Å². The maximum atomic E-state index is 12.0. The van der Waals surface area contributed by atoms with Crippen LogP contribution in [0.3, 0.4) is 0 Å². The zero-order chi connectivity index (χ0) is 13.0. The molecule has 0 saturated carbocycles. The first-order valence-corrected chi connectivity index (χ1v) is 6.81. The number of H-pyrrole nitrogens is 1. The van der Waals surface area contributed by atoms with Crippen LogP contribution in [0.2, 0.25) is 0 Å². The van der Waals surface area contributed by atoms with Crippen molar-refractivity contribution in [1.82, 2.24) is 10.2 Å². The molecule has 0 saturated heterocycles. The van der Waals surface area contributed by atoms with Gasteiger partial charge in [-0.05, 0) is 24.1 Å². The predicted octanol–water partition coefficient (Wildman–Crippen LogP) is 0.745. The molecule has 0 fully saturated rings. The molecule has 1 heterocycles. The number of nitrogens with zero attached hydrogens (tertiary/aromatic N) is 1. The van der Waals surface area contributed by atoms with Crippen molar-refractivity contribution in [2.45, 2.75) is 11.3 Å². The molecule has 0 unspecified atom stereocenters. The summed E-state index contributed by atoms with van der Waals surface area (Å²) in [6, 6.07) is 6.38. The molecule has 0 aliphatic heterocycles. The number of aliphatic hydroxyl groups excluding tert-OH is 1. The molecule has 1 aromatic carbocycles. The van der Waals surface area contributed by atoms with Gasteiger partial charge in [0.2, 0.25) is 0 Å². The molecule has 6 nitrogen and oxygen atoms in total. The fraction of sp³-hybridized carbons (Fsp3) is 0.182. The number of rotatable bonds is 5. The molecule has 0 spiro atoms. The van der Waals surface area contributed by atoms with Gasteiger partial charge in [-0.15, -0.1) is 0 Å². The minimum absolute atomic E-state index is 0.0410. The summed E-state index contributed by atoms with van der Waals surface area (Å²) in [5, 5.41) is 15.0. The van der Waals surface area contributed by atoms with E-state index in [1.165, 1.54) is 24.5 Å². The molecule has 1 aromatic heterocycles. The van der Waals surface area contributed by atoms with Crippen molar-refractivity contribution in [2.24, 2.45) is 0 Å². The summed E-state index contributed by atoms with van der Waals surface area (Å²) in [4.78, 5) is 0.172. The summed E-state index contributed by atoms with van der Waals surface area (Å²) in [6.45, 7) is 0.0410. The van der Waals surface area contributed by atoms with E-state index in [9.17, 15) is 8.42 Å². The van der Waals surface area contributed by atoms with Gasteiger partial charge in [-0.3, -0.25) is 9.82 Å². The Morgan fingerprint density at radius 3 is 2.56 bits per heavy atom. The predicted molar refractivity (Wildman–Crippen MR) is 66.6 cm³/mol. The highest BCUT2D eigenvalue weighted by molar-refractivity contribution is 7.92. The van der Waals surface area contributed by atoms with Gasteiger partial charge in [-0.2, -0.15) is 5.10 Å².